The van der Waals surface area contributed by atoms with Gasteiger partial charge in [0.25, 0.3) is 0 Å². The summed E-state index contributed by atoms with van der Waals surface area (Å²) >= 11 is 5.86. The third-order valence-corrected chi connectivity index (χ3v) is 2.84. The van der Waals surface area contributed by atoms with E-state index in [1.807, 2.05) is 36.4 Å². The Balaban J connectivity index is 2.56. The molecule has 0 spiro atoms. The summed E-state index contributed by atoms with van der Waals surface area (Å²) in [4.78, 5) is 4.34. The molecular weight excluding hydrogens is 234 g/mol. The molecular formula is C14H14ClNO. The van der Waals surface area contributed by atoms with E-state index in [1.54, 1.807) is 20.0 Å². The van der Waals surface area contributed by atoms with Gasteiger partial charge in [-0.1, -0.05) is 29.8 Å². The van der Waals surface area contributed by atoms with E-state index >= 15 is 0 Å². The molecule has 2 rings (SSSR count). The van der Waals surface area contributed by atoms with Crippen molar-refractivity contribution in [2.24, 2.45) is 0 Å². The Hall–Kier alpha value is -1.38. The molecule has 0 saturated heterocycles. The molecule has 0 aliphatic carbocycles. The highest BCUT2D eigenvalue weighted by Gasteiger charge is 2.21. The van der Waals surface area contributed by atoms with Gasteiger partial charge < -0.3 is 5.11 Å². The standard InChI is InChI=1S/C14H14ClNO/c1-14(2,17)12-4-3-9-16-13(12)10-5-7-11(15)8-6-10/h3-9,17H,1-2H3. The molecule has 0 aliphatic heterocycles. The lowest BCUT2D eigenvalue weighted by Gasteiger charge is -2.20. The first-order valence-corrected chi connectivity index (χ1v) is 5.80. The maximum Gasteiger partial charge on any atom is 0.0861 e. The summed E-state index contributed by atoms with van der Waals surface area (Å²) in [6.07, 6.45) is 1.72. The zero-order valence-electron chi connectivity index (χ0n) is 9.81. The van der Waals surface area contributed by atoms with Gasteiger partial charge in [0.05, 0.1) is 11.3 Å². The van der Waals surface area contributed by atoms with Gasteiger partial charge in [-0.2, -0.15) is 0 Å². The number of halogens is 1. The highest BCUT2D eigenvalue weighted by Crippen LogP contribution is 2.30. The van der Waals surface area contributed by atoms with Gasteiger partial charge in [0.15, 0.2) is 0 Å². The summed E-state index contributed by atoms with van der Waals surface area (Å²) in [6, 6.07) is 11.2. The predicted molar refractivity (Wildman–Crippen MR) is 69.9 cm³/mol. The first-order chi connectivity index (χ1) is 7.98. The van der Waals surface area contributed by atoms with Crippen molar-refractivity contribution < 1.29 is 5.11 Å². The van der Waals surface area contributed by atoms with Gasteiger partial charge in [0.1, 0.15) is 0 Å². The Morgan fingerprint density at radius 3 is 2.35 bits per heavy atom. The SMILES string of the molecule is CC(C)(O)c1cccnc1-c1ccc(Cl)cc1. The lowest BCUT2D eigenvalue weighted by atomic mass is 9.93. The normalized spacial score (nSPS) is 11.5. The predicted octanol–water partition coefficient (Wildman–Crippen LogP) is 3.63. The second-order valence-electron chi connectivity index (χ2n) is 4.47. The monoisotopic (exact) mass is 247 g/mol. The molecule has 3 heteroatoms. The molecule has 88 valence electrons. The fourth-order valence-corrected chi connectivity index (χ4v) is 1.86. The van der Waals surface area contributed by atoms with E-state index in [0.29, 0.717) is 5.02 Å². The molecule has 1 N–H and O–H groups in total. The molecule has 0 aliphatic rings. The third-order valence-electron chi connectivity index (χ3n) is 2.58. The van der Waals surface area contributed by atoms with E-state index in [-0.39, 0.29) is 0 Å². The van der Waals surface area contributed by atoms with E-state index in [1.165, 1.54) is 0 Å². The van der Waals surface area contributed by atoms with E-state index < -0.39 is 5.60 Å². The van der Waals surface area contributed by atoms with Crippen LogP contribution >= 0.6 is 11.6 Å². The van der Waals surface area contributed by atoms with Crippen molar-refractivity contribution in [3.63, 3.8) is 0 Å². The number of hydrogen-bond acceptors (Lipinski definition) is 2. The van der Waals surface area contributed by atoms with Crippen LogP contribution < -0.4 is 0 Å². The summed E-state index contributed by atoms with van der Waals surface area (Å²) in [7, 11) is 0. The summed E-state index contributed by atoms with van der Waals surface area (Å²) in [5.41, 5.74) is 1.63. The topological polar surface area (TPSA) is 33.1 Å². The molecule has 2 nitrogen and oxygen atoms in total. The largest absolute Gasteiger partial charge is 0.386 e. The zero-order chi connectivity index (χ0) is 12.5. The van der Waals surface area contributed by atoms with Crippen LogP contribution in [0, 0.1) is 0 Å². The zero-order valence-corrected chi connectivity index (χ0v) is 10.6. The fourth-order valence-electron chi connectivity index (χ4n) is 1.74. The quantitative estimate of drug-likeness (QED) is 0.879. The van der Waals surface area contributed by atoms with Gasteiger partial charge in [-0.15, -0.1) is 0 Å². The van der Waals surface area contributed by atoms with Gasteiger partial charge in [-0.3, -0.25) is 4.98 Å². The molecule has 0 saturated carbocycles. The van der Waals surface area contributed by atoms with Crippen LogP contribution in [-0.2, 0) is 5.60 Å². The summed E-state index contributed by atoms with van der Waals surface area (Å²) in [5, 5.41) is 10.8. The molecule has 2 aromatic rings. The third kappa shape index (κ3) is 2.65. The molecule has 1 aromatic heterocycles. The number of pyridine rings is 1. The molecule has 0 radical (unpaired) electrons. The van der Waals surface area contributed by atoms with E-state index in [0.717, 1.165) is 16.8 Å². The fraction of sp³-hybridized carbons (Fsp3) is 0.214. The van der Waals surface area contributed by atoms with Crippen LogP contribution in [0.4, 0.5) is 0 Å². The summed E-state index contributed by atoms with van der Waals surface area (Å²) < 4.78 is 0. The molecule has 1 heterocycles. The van der Waals surface area contributed by atoms with Gasteiger partial charge >= 0.3 is 0 Å². The van der Waals surface area contributed by atoms with E-state index in [9.17, 15) is 5.11 Å². The highest BCUT2D eigenvalue weighted by atomic mass is 35.5. The Labute approximate surface area is 106 Å². The number of aliphatic hydroxyl groups is 1. The Kier molecular flexibility index (Phi) is 3.18. The number of rotatable bonds is 2. The van der Waals surface area contributed by atoms with Crippen LogP contribution in [0.5, 0.6) is 0 Å². The van der Waals surface area contributed by atoms with Crippen LogP contribution in [0.15, 0.2) is 42.6 Å². The summed E-state index contributed by atoms with van der Waals surface area (Å²) in [6.45, 7) is 3.51. The number of nitrogens with zero attached hydrogens (tertiary/aromatic N) is 1. The average molecular weight is 248 g/mol. The van der Waals surface area contributed by atoms with Crippen LogP contribution in [0.3, 0.4) is 0 Å². The van der Waals surface area contributed by atoms with Gasteiger partial charge in [0.2, 0.25) is 0 Å². The molecule has 0 atom stereocenters. The summed E-state index contributed by atoms with van der Waals surface area (Å²) in [5.74, 6) is 0. The Morgan fingerprint density at radius 2 is 1.76 bits per heavy atom. The lowest BCUT2D eigenvalue weighted by molar-refractivity contribution is 0.0789. The molecule has 17 heavy (non-hydrogen) atoms. The molecule has 0 bridgehead atoms. The van der Waals surface area contributed by atoms with Crippen molar-refractivity contribution in [1.82, 2.24) is 4.98 Å². The maximum absolute atomic E-state index is 10.1. The van der Waals surface area contributed by atoms with Crippen LogP contribution in [-0.4, -0.2) is 10.1 Å². The minimum Gasteiger partial charge on any atom is -0.386 e. The molecule has 1 aromatic carbocycles. The smallest absolute Gasteiger partial charge is 0.0861 e. The maximum atomic E-state index is 10.1. The van der Waals surface area contributed by atoms with Crippen molar-refractivity contribution in [2.75, 3.05) is 0 Å². The number of hydrogen-bond donors (Lipinski definition) is 1. The Morgan fingerprint density at radius 1 is 1.12 bits per heavy atom. The Bertz CT molecular complexity index is 514. The molecule has 0 fully saturated rings. The second kappa shape index (κ2) is 4.47. The van der Waals surface area contributed by atoms with Crippen molar-refractivity contribution in [3.05, 3.63) is 53.2 Å². The van der Waals surface area contributed by atoms with Crippen LogP contribution in [0.25, 0.3) is 11.3 Å². The minimum atomic E-state index is -0.913. The van der Waals surface area contributed by atoms with Crippen molar-refractivity contribution in [2.45, 2.75) is 19.4 Å². The molecule has 0 amide bonds. The second-order valence-corrected chi connectivity index (χ2v) is 4.90. The first-order valence-electron chi connectivity index (χ1n) is 5.42. The first kappa shape index (κ1) is 12.1. The van der Waals surface area contributed by atoms with Crippen molar-refractivity contribution in [1.29, 1.82) is 0 Å². The number of aromatic nitrogens is 1. The van der Waals surface area contributed by atoms with Gasteiger partial charge in [-0.25, -0.2) is 0 Å². The van der Waals surface area contributed by atoms with Crippen LogP contribution in [0.1, 0.15) is 19.4 Å². The van der Waals surface area contributed by atoms with Crippen LogP contribution in [0.2, 0.25) is 5.02 Å². The van der Waals surface area contributed by atoms with E-state index in [2.05, 4.69) is 4.98 Å². The van der Waals surface area contributed by atoms with Gasteiger partial charge in [0, 0.05) is 22.3 Å². The van der Waals surface area contributed by atoms with Crippen molar-refractivity contribution in [3.8, 4) is 11.3 Å². The highest BCUT2D eigenvalue weighted by molar-refractivity contribution is 6.30. The molecule has 0 unspecified atom stereocenters. The number of benzene rings is 1. The van der Waals surface area contributed by atoms with E-state index in [4.69, 9.17) is 11.6 Å². The van der Waals surface area contributed by atoms with Gasteiger partial charge in [-0.05, 0) is 32.0 Å². The van der Waals surface area contributed by atoms with Crippen molar-refractivity contribution >= 4 is 11.6 Å². The minimum absolute atomic E-state index is 0.689. The lowest BCUT2D eigenvalue weighted by Crippen LogP contribution is -2.17. The average Bonchev–Trinajstić information content (AvgIpc) is 2.29.